The van der Waals surface area contributed by atoms with Gasteiger partial charge >= 0.3 is 12.1 Å². The van der Waals surface area contributed by atoms with Crippen LogP contribution in [0.1, 0.15) is 63.3 Å². The lowest BCUT2D eigenvalue weighted by Gasteiger charge is -2.32. The summed E-state index contributed by atoms with van der Waals surface area (Å²) in [4.78, 5) is 34.2. The Balaban J connectivity index is 0.000000266. The average molecular weight is 605 g/mol. The van der Waals surface area contributed by atoms with Crippen molar-refractivity contribution in [3.63, 3.8) is 0 Å². The van der Waals surface area contributed by atoms with E-state index in [0.717, 1.165) is 29.5 Å². The SMILES string of the molecule is CC(=O)OC(c1ccccc1)c1ccccc1.CC(C)(C)OC(=O)N1CCC[C@@H](N=C(N)c2ccc(OCCON)cc2)C1. The van der Waals surface area contributed by atoms with E-state index < -0.39 is 5.60 Å². The second kappa shape index (κ2) is 17.0. The van der Waals surface area contributed by atoms with Gasteiger partial charge in [-0.1, -0.05) is 60.7 Å². The number of hydrogen-bond donors (Lipinski definition) is 2. The van der Waals surface area contributed by atoms with Crippen molar-refractivity contribution in [1.29, 1.82) is 0 Å². The van der Waals surface area contributed by atoms with Crippen LogP contribution in [0.5, 0.6) is 5.75 Å². The second-order valence-corrected chi connectivity index (χ2v) is 11.3. The molecule has 0 bridgehead atoms. The molecule has 1 atom stereocenters. The van der Waals surface area contributed by atoms with Gasteiger partial charge in [0.1, 0.15) is 30.4 Å². The third kappa shape index (κ3) is 11.7. The summed E-state index contributed by atoms with van der Waals surface area (Å²) >= 11 is 0. The summed E-state index contributed by atoms with van der Waals surface area (Å²) < 4.78 is 16.3. The van der Waals surface area contributed by atoms with Crippen LogP contribution in [0, 0.1) is 0 Å². The summed E-state index contributed by atoms with van der Waals surface area (Å²) in [5, 5.41) is 0. The number of hydrogen-bond acceptors (Lipinski definition) is 8. The first-order valence-corrected chi connectivity index (χ1v) is 14.7. The van der Waals surface area contributed by atoms with Crippen molar-refractivity contribution in [2.45, 2.75) is 58.3 Å². The van der Waals surface area contributed by atoms with Gasteiger partial charge in [0.15, 0.2) is 6.10 Å². The predicted molar refractivity (Wildman–Crippen MR) is 170 cm³/mol. The fourth-order valence-electron chi connectivity index (χ4n) is 4.50. The van der Waals surface area contributed by atoms with Crippen molar-refractivity contribution in [2.75, 3.05) is 26.3 Å². The Morgan fingerprint density at radius 3 is 2.05 bits per heavy atom. The summed E-state index contributed by atoms with van der Waals surface area (Å²) in [5.41, 5.74) is 8.42. The fourth-order valence-corrected chi connectivity index (χ4v) is 4.50. The van der Waals surface area contributed by atoms with E-state index >= 15 is 0 Å². The topological polar surface area (TPSA) is 139 Å². The Labute approximate surface area is 259 Å². The standard InChI is InChI=1S/C19H30N4O4.C15H14O2/c1-19(2,3)27-18(24)23-10-4-5-15(13-23)22-17(20)14-6-8-16(9-7-14)25-11-12-26-21;1-12(16)17-15(13-8-4-2-5-9-13)14-10-6-3-7-11-14/h6-9,15H,4-5,10-13,21H2,1-3H3,(H2,20,22);2-11,15H,1H3/t15-;/m1./s1. The van der Waals surface area contributed by atoms with Gasteiger partial charge in [0.05, 0.1) is 6.04 Å². The van der Waals surface area contributed by atoms with Gasteiger partial charge in [-0.3, -0.25) is 9.79 Å². The number of nitrogens with zero attached hydrogens (tertiary/aromatic N) is 2. The lowest BCUT2D eigenvalue weighted by atomic mass is 10.0. The van der Waals surface area contributed by atoms with Gasteiger partial charge in [-0.2, -0.15) is 0 Å². The van der Waals surface area contributed by atoms with Crippen molar-refractivity contribution in [3.05, 3.63) is 102 Å². The maximum atomic E-state index is 12.3. The van der Waals surface area contributed by atoms with Crippen molar-refractivity contribution in [1.82, 2.24) is 4.90 Å². The number of piperidine rings is 1. The highest BCUT2D eigenvalue weighted by Crippen LogP contribution is 2.25. The van der Waals surface area contributed by atoms with E-state index in [4.69, 9.17) is 25.8 Å². The van der Waals surface area contributed by atoms with Crippen molar-refractivity contribution in [3.8, 4) is 5.75 Å². The van der Waals surface area contributed by atoms with E-state index in [-0.39, 0.29) is 24.2 Å². The van der Waals surface area contributed by atoms with Crippen LogP contribution in [-0.4, -0.2) is 60.7 Å². The number of esters is 1. The van der Waals surface area contributed by atoms with Gasteiger partial charge < -0.3 is 29.7 Å². The van der Waals surface area contributed by atoms with E-state index in [0.29, 0.717) is 37.9 Å². The van der Waals surface area contributed by atoms with Crippen LogP contribution in [0.15, 0.2) is 89.9 Å². The highest BCUT2D eigenvalue weighted by atomic mass is 16.6. The number of carbonyl (C=O) groups excluding carboxylic acids is 2. The molecule has 1 aliphatic heterocycles. The Kier molecular flexibility index (Phi) is 13.2. The average Bonchev–Trinajstić information content (AvgIpc) is 3.01. The molecule has 0 aliphatic carbocycles. The minimum absolute atomic E-state index is 0.0381. The zero-order valence-electron chi connectivity index (χ0n) is 26.0. The van der Waals surface area contributed by atoms with Crippen LogP contribution in [0.4, 0.5) is 4.79 Å². The number of likely N-dealkylation sites (tertiary alicyclic amines) is 1. The number of rotatable bonds is 9. The predicted octanol–water partition coefficient (Wildman–Crippen LogP) is 5.40. The molecule has 4 N–H and O–H groups in total. The summed E-state index contributed by atoms with van der Waals surface area (Å²) in [6.07, 6.45) is 1.13. The molecule has 1 fully saturated rings. The largest absolute Gasteiger partial charge is 0.491 e. The lowest BCUT2D eigenvalue weighted by Crippen LogP contribution is -2.44. The summed E-state index contributed by atoms with van der Waals surface area (Å²) in [5.74, 6) is 5.84. The molecule has 0 aromatic heterocycles. The molecular weight excluding hydrogens is 560 g/mol. The Bertz CT molecular complexity index is 1290. The van der Waals surface area contributed by atoms with Gasteiger partial charge in [0.25, 0.3) is 0 Å². The molecule has 236 valence electrons. The van der Waals surface area contributed by atoms with Crippen molar-refractivity contribution >= 4 is 17.9 Å². The fraction of sp³-hybridized carbons (Fsp3) is 0.382. The zero-order valence-corrected chi connectivity index (χ0v) is 26.0. The molecule has 10 heteroatoms. The van der Waals surface area contributed by atoms with Gasteiger partial charge in [-0.05, 0) is 69.0 Å². The summed E-state index contributed by atoms with van der Waals surface area (Å²) in [6.45, 7) is 8.90. The molecule has 1 heterocycles. The molecule has 0 radical (unpaired) electrons. The van der Waals surface area contributed by atoms with Gasteiger partial charge in [0, 0.05) is 25.6 Å². The van der Waals surface area contributed by atoms with Crippen molar-refractivity contribution < 1.29 is 28.6 Å². The van der Waals surface area contributed by atoms with Crippen LogP contribution in [0.2, 0.25) is 0 Å². The molecule has 1 saturated heterocycles. The van der Waals surface area contributed by atoms with Crippen LogP contribution < -0.4 is 16.4 Å². The van der Waals surface area contributed by atoms with Crippen molar-refractivity contribution in [2.24, 2.45) is 16.6 Å². The molecule has 3 aromatic carbocycles. The molecule has 44 heavy (non-hydrogen) atoms. The molecule has 0 unspecified atom stereocenters. The van der Waals surface area contributed by atoms with Crippen LogP contribution in [-0.2, 0) is 19.1 Å². The molecule has 0 saturated carbocycles. The third-order valence-electron chi connectivity index (χ3n) is 6.48. The van der Waals surface area contributed by atoms with Gasteiger partial charge in [-0.15, -0.1) is 0 Å². The first kappa shape index (κ1) is 34.1. The first-order chi connectivity index (χ1) is 21.1. The molecule has 0 spiro atoms. The number of ether oxygens (including phenoxy) is 3. The van der Waals surface area contributed by atoms with E-state index in [1.807, 2.05) is 106 Å². The minimum atomic E-state index is -0.508. The molecule has 3 aromatic rings. The smallest absolute Gasteiger partial charge is 0.410 e. The normalized spacial score (nSPS) is 15.2. The van der Waals surface area contributed by atoms with E-state index in [1.165, 1.54) is 6.92 Å². The molecule has 10 nitrogen and oxygen atoms in total. The number of nitrogens with two attached hydrogens (primary N) is 2. The van der Waals surface area contributed by atoms with Crippen LogP contribution >= 0.6 is 0 Å². The van der Waals surface area contributed by atoms with E-state index in [1.54, 1.807) is 4.90 Å². The monoisotopic (exact) mass is 604 g/mol. The quantitative estimate of drug-likeness (QED) is 0.109. The zero-order chi connectivity index (χ0) is 32.0. The van der Waals surface area contributed by atoms with E-state index in [2.05, 4.69) is 9.83 Å². The van der Waals surface area contributed by atoms with Crippen LogP contribution in [0.3, 0.4) is 0 Å². The minimum Gasteiger partial charge on any atom is -0.491 e. The Morgan fingerprint density at radius 2 is 1.52 bits per heavy atom. The van der Waals surface area contributed by atoms with Crippen LogP contribution in [0.25, 0.3) is 0 Å². The highest BCUT2D eigenvalue weighted by molar-refractivity contribution is 5.97. The Morgan fingerprint density at radius 1 is 0.932 bits per heavy atom. The number of amides is 1. The number of carbonyl (C=O) groups is 2. The lowest BCUT2D eigenvalue weighted by molar-refractivity contribution is -0.144. The summed E-state index contributed by atoms with van der Waals surface area (Å²) in [6, 6.07) is 26.8. The molecule has 1 aliphatic rings. The molecule has 4 rings (SSSR count). The molecule has 1 amide bonds. The maximum Gasteiger partial charge on any atom is 0.410 e. The third-order valence-corrected chi connectivity index (χ3v) is 6.48. The van der Waals surface area contributed by atoms with Gasteiger partial charge in [-0.25, -0.2) is 10.7 Å². The Hall–Kier alpha value is -4.41. The number of aliphatic imine (C=N–C) groups is 1. The molecular formula is C34H44N4O6. The number of amidine groups is 1. The van der Waals surface area contributed by atoms with E-state index in [9.17, 15) is 9.59 Å². The maximum absolute atomic E-state index is 12.3. The first-order valence-electron chi connectivity index (χ1n) is 14.7. The second-order valence-electron chi connectivity index (χ2n) is 11.3. The highest BCUT2D eigenvalue weighted by Gasteiger charge is 2.27. The summed E-state index contributed by atoms with van der Waals surface area (Å²) in [7, 11) is 0. The van der Waals surface area contributed by atoms with Gasteiger partial charge in [0.2, 0.25) is 0 Å². The number of benzene rings is 3.